The molecular formula is C17H34N4O2. The van der Waals surface area contributed by atoms with Crippen LogP contribution in [0, 0.1) is 5.92 Å². The summed E-state index contributed by atoms with van der Waals surface area (Å²) in [5.41, 5.74) is -0.710. The van der Waals surface area contributed by atoms with E-state index < -0.39 is 5.60 Å². The third-order valence-corrected chi connectivity index (χ3v) is 4.84. The van der Waals surface area contributed by atoms with Crippen LogP contribution in [0.25, 0.3) is 0 Å². The first-order valence-corrected chi connectivity index (χ1v) is 8.94. The van der Waals surface area contributed by atoms with Crippen molar-refractivity contribution in [3.05, 3.63) is 0 Å². The number of amides is 1. The van der Waals surface area contributed by atoms with E-state index in [1.165, 1.54) is 0 Å². The summed E-state index contributed by atoms with van der Waals surface area (Å²) in [6.07, 6.45) is 4.04. The standard InChI is InChI=1S/C17H34N4O2/c1-5-17(23,6-2)13-20-16(19-7-3)21-10-8-14(9-11-21)12-15(22)18-4/h14,23H,5-13H2,1-4H3,(H,18,22)(H,19,20). The van der Waals surface area contributed by atoms with E-state index in [9.17, 15) is 9.90 Å². The van der Waals surface area contributed by atoms with Crippen molar-refractivity contribution in [2.24, 2.45) is 10.9 Å². The second kappa shape index (κ2) is 9.75. The first-order valence-electron chi connectivity index (χ1n) is 8.94. The van der Waals surface area contributed by atoms with Crippen LogP contribution in [-0.4, -0.2) is 60.7 Å². The number of aliphatic hydroxyl groups is 1. The molecule has 0 spiro atoms. The highest BCUT2D eigenvalue weighted by molar-refractivity contribution is 5.80. The second-order valence-electron chi connectivity index (χ2n) is 6.41. The summed E-state index contributed by atoms with van der Waals surface area (Å²) in [6, 6.07) is 0. The van der Waals surface area contributed by atoms with Crippen LogP contribution in [0.15, 0.2) is 4.99 Å². The highest BCUT2D eigenvalue weighted by Gasteiger charge is 2.25. The molecule has 0 aromatic carbocycles. The minimum atomic E-state index is -0.710. The van der Waals surface area contributed by atoms with E-state index in [1.54, 1.807) is 7.05 Å². The van der Waals surface area contributed by atoms with Gasteiger partial charge < -0.3 is 20.6 Å². The summed E-state index contributed by atoms with van der Waals surface area (Å²) in [4.78, 5) is 18.4. The molecular weight excluding hydrogens is 292 g/mol. The van der Waals surface area contributed by atoms with Gasteiger partial charge in [0, 0.05) is 33.1 Å². The summed E-state index contributed by atoms with van der Waals surface area (Å²) >= 11 is 0. The van der Waals surface area contributed by atoms with Crippen LogP contribution in [0.5, 0.6) is 0 Å². The van der Waals surface area contributed by atoms with Gasteiger partial charge in [-0.2, -0.15) is 0 Å². The van der Waals surface area contributed by atoms with Gasteiger partial charge in [0.05, 0.1) is 12.1 Å². The Bertz CT molecular complexity index is 386. The van der Waals surface area contributed by atoms with Crippen molar-refractivity contribution in [3.8, 4) is 0 Å². The normalized spacial score (nSPS) is 17.3. The topological polar surface area (TPSA) is 77.0 Å². The Morgan fingerprint density at radius 1 is 1.26 bits per heavy atom. The first kappa shape index (κ1) is 19.7. The molecule has 0 aromatic rings. The van der Waals surface area contributed by atoms with E-state index in [0.717, 1.165) is 38.4 Å². The van der Waals surface area contributed by atoms with E-state index in [4.69, 9.17) is 0 Å². The molecule has 1 saturated heterocycles. The number of aliphatic imine (C=N–C) groups is 1. The summed E-state index contributed by atoms with van der Waals surface area (Å²) in [5, 5.41) is 16.4. The molecule has 0 saturated carbocycles. The molecule has 6 nitrogen and oxygen atoms in total. The lowest BCUT2D eigenvalue weighted by molar-refractivity contribution is -0.121. The fourth-order valence-corrected chi connectivity index (χ4v) is 2.83. The number of piperidine rings is 1. The quantitative estimate of drug-likeness (QED) is 0.487. The smallest absolute Gasteiger partial charge is 0.220 e. The van der Waals surface area contributed by atoms with Crippen LogP contribution in [0.4, 0.5) is 0 Å². The van der Waals surface area contributed by atoms with Crippen LogP contribution in [0.3, 0.4) is 0 Å². The van der Waals surface area contributed by atoms with Gasteiger partial charge in [0.25, 0.3) is 0 Å². The molecule has 0 radical (unpaired) electrons. The lowest BCUT2D eigenvalue weighted by atomic mass is 9.93. The Labute approximate surface area is 140 Å². The molecule has 0 atom stereocenters. The molecule has 6 heteroatoms. The Morgan fingerprint density at radius 2 is 1.87 bits per heavy atom. The van der Waals surface area contributed by atoms with E-state index in [1.807, 2.05) is 13.8 Å². The maximum absolute atomic E-state index is 11.5. The molecule has 0 bridgehead atoms. The van der Waals surface area contributed by atoms with Gasteiger partial charge >= 0.3 is 0 Å². The summed E-state index contributed by atoms with van der Waals surface area (Å²) in [5.74, 6) is 1.46. The molecule has 1 fully saturated rings. The van der Waals surface area contributed by atoms with Crippen LogP contribution < -0.4 is 10.6 Å². The molecule has 0 aromatic heterocycles. The lowest BCUT2D eigenvalue weighted by Crippen LogP contribution is -2.47. The van der Waals surface area contributed by atoms with Gasteiger partial charge in [-0.3, -0.25) is 9.79 Å². The molecule has 1 rings (SSSR count). The van der Waals surface area contributed by atoms with Gasteiger partial charge in [0.2, 0.25) is 5.91 Å². The number of hydrogen-bond acceptors (Lipinski definition) is 3. The Kier molecular flexibility index (Phi) is 8.37. The average molecular weight is 326 g/mol. The van der Waals surface area contributed by atoms with Gasteiger partial charge in [-0.1, -0.05) is 13.8 Å². The van der Waals surface area contributed by atoms with Crippen molar-refractivity contribution in [1.29, 1.82) is 0 Å². The zero-order valence-corrected chi connectivity index (χ0v) is 15.2. The van der Waals surface area contributed by atoms with Crippen LogP contribution >= 0.6 is 0 Å². The third kappa shape index (κ3) is 6.37. The molecule has 134 valence electrons. The fourth-order valence-electron chi connectivity index (χ4n) is 2.83. The van der Waals surface area contributed by atoms with Gasteiger partial charge in [-0.15, -0.1) is 0 Å². The zero-order valence-electron chi connectivity index (χ0n) is 15.2. The average Bonchev–Trinajstić information content (AvgIpc) is 2.59. The minimum Gasteiger partial charge on any atom is -0.388 e. The third-order valence-electron chi connectivity index (χ3n) is 4.84. The van der Waals surface area contributed by atoms with Crippen LogP contribution in [0.1, 0.15) is 52.9 Å². The van der Waals surface area contributed by atoms with E-state index >= 15 is 0 Å². The van der Waals surface area contributed by atoms with Gasteiger partial charge in [-0.25, -0.2) is 0 Å². The van der Waals surface area contributed by atoms with Crippen molar-refractivity contribution < 1.29 is 9.90 Å². The van der Waals surface area contributed by atoms with Gasteiger partial charge in [0.15, 0.2) is 5.96 Å². The number of likely N-dealkylation sites (tertiary alicyclic amines) is 1. The molecule has 23 heavy (non-hydrogen) atoms. The SMILES string of the molecule is CCNC(=NCC(O)(CC)CC)N1CCC(CC(=O)NC)CC1. The highest BCUT2D eigenvalue weighted by Crippen LogP contribution is 2.21. The molecule has 1 aliphatic rings. The maximum Gasteiger partial charge on any atom is 0.220 e. The molecule has 1 heterocycles. The number of rotatable bonds is 7. The molecule has 3 N–H and O–H groups in total. The van der Waals surface area contributed by atoms with Crippen molar-refractivity contribution >= 4 is 11.9 Å². The largest absolute Gasteiger partial charge is 0.388 e. The summed E-state index contributed by atoms with van der Waals surface area (Å²) in [7, 11) is 1.69. The van der Waals surface area contributed by atoms with Crippen molar-refractivity contribution in [2.45, 2.75) is 58.5 Å². The molecule has 1 amide bonds. The number of guanidine groups is 1. The molecule has 1 aliphatic heterocycles. The Balaban J connectivity index is 2.60. The summed E-state index contributed by atoms with van der Waals surface area (Å²) in [6.45, 7) is 9.11. The van der Waals surface area contributed by atoms with E-state index in [2.05, 4.69) is 27.4 Å². The number of carbonyl (C=O) groups excluding carboxylic acids is 1. The Morgan fingerprint density at radius 3 is 2.35 bits per heavy atom. The summed E-state index contributed by atoms with van der Waals surface area (Å²) < 4.78 is 0. The fraction of sp³-hybridized carbons (Fsp3) is 0.882. The maximum atomic E-state index is 11.5. The first-order chi connectivity index (χ1) is 11.0. The monoisotopic (exact) mass is 326 g/mol. The van der Waals surface area contributed by atoms with Gasteiger partial charge in [0.1, 0.15) is 0 Å². The molecule has 0 unspecified atom stereocenters. The van der Waals surface area contributed by atoms with E-state index in [0.29, 0.717) is 31.7 Å². The molecule has 0 aliphatic carbocycles. The predicted octanol–water partition coefficient (Wildman–Crippen LogP) is 1.35. The minimum absolute atomic E-state index is 0.125. The van der Waals surface area contributed by atoms with Gasteiger partial charge in [-0.05, 0) is 38.5 Å². The number of nitrogens with zero attached hydrogens (tertiary/aromatic N) is 2. The number of carbonyl (C=O) groups is 1. The van der Waals surface area contributed by atoms with Crippen molar-refractivity contribution in [3.63, 3.8) is 0 Å². The lowest BCUT2D eigenvalue weighted by Gasteiger charge is -2.34. The van der Waals surface area contributed by atoms with Crippen molar-refractivity contribution in [2.75, 3.05) is 33.2 Å². The number of hydrogen-bond donors (Lipinski definition) is 3. The predicted molar refractivity (Wildman–Crippen MR) is 94.5 cm³/mol. The zero-order chi connectivity index (χ0) is 17.3. The number of nitrogens with one attached hydrogen (secondary N) is 2. The highest BCUT2D eigenvalue weighted by atomic mass is 16.3. The van der Waals surface area contributed by atoms with Crippen LogP contribution in [-0.2, 0) is 4.79 Å². The second-order valence-corrected chi connectivity index (χ2v) is 6.41. The van der Waals surface area contributed by atoms with E-state index in [-0.39, 0.29) is 5.91 Å². The Hall–Kier alpha value is -1.30. The van der Waals surface area contributed by atoms with Crippen LogP contribution in [0.2, 0.25) is 0 Å². The van der Waals surface area contributed by atoms with Crippen molar-refractivity contribution in [1.82, 2.24) is 15.5 Å².